The molecule has 0 saturated heterocycles. The second-order valence-electron chi connectivity index (χ2n) is 5.96. The lowest BCUT2D eigenvalue weighted by Crippen LogP contribution is -2.41. The molecule has 1 unspecified atom stereocenters. The van der Waals surface area contributed by atoms with Gasteiger partial charge < -0.3 is 10.2 Å². The van der Waals surface area contributed by atoms with Crippen LogP contribution < -0.4 is 5.32 Å². The second-order valence-corrected chi connectivity index (χ2v) is 5.96. The molecule has 0 fully saturated rings. The molecule has 0 aliphatic carbocycles. The quantitative estimate of drug-likeness (QED) is 0.861. The van der Waals surface area contributed by atoms with Crippen molar-refractivity contribution >= 4 is 5.69 Å². The smallest absolute Gasteiger partial charge is 0.123 e. The maximum atomic E-state index is 12.7. The number of hydrogen-bond donors (Lipinski definition) is 1. The zero-order valence-electron chi connectivity index (χ0n) is 12.1. The van der Waals surface area contributed by atoms with E-state index >= 15 is 0 Å². The van der Waals surface area contributed by atoms with Gasteiger partial charge in [-0.05, 0) is 43.7 Å². The van der Waals surface area contributed by atoms with Crippen LogP contribution in [0.15, 0.2) is 24.3 Å². The zero-order valence-corrected chi connectivity index (χ0v) is 12.1. The van der Waals surface area contributed by atoms with E-state index in [1.807, 2.05) is 0 Å². The van der Waals surface area contributed by atoms with Crippen LogP contribution in [-0.4, -0.2) is 31.1 Å². The van der Waals surface area contributed by atoms with Gasteiger partial charge in [0.05, 0.1) is 0 Å². The van der Waals surface area contributed by atoms with Crippen LogP contribution in [-0.2, 0) is 0 Å². The summed E-state index contributed by atoms with van der Waals surface area (Å²) in [4.78, 5) is 2.34. The highest BCUT2D eigenvalue weighted by molar-refractivity contribution is 5.42. The average molecular weight is 252 g/mol. The molecular formula is C15H25FN2. The molecule has 0 aromatic heterocycles. The summed E-state index contributed by atoms with van der Waals surface area (Å²) < 4.78 is 12.7. The van der Waals surface area contributed by atoms with E-state index in [2.05, 4.69) is 45.0 Å². The van der Waals surface area contributed by atoms with Crippen molar-refractivity contribution in [1.29, 1.82) is 0 Å². The number of rotatable bonds is 5. The Kier molecular flexibility index (Phi) is 5.15. The molecule has 1 rings (SSSR count). The SMILES string of the molecule is CC(N(C)CCNc1ccc(F)cc1)C(C)(C)C. The minimum Gasteiger partial charge on any atom is -0.384 e. The Hall–Kier alpha value is -1.09. The maximum absolute atomic E-state index is 12.7. The van der Waals surface area contributed by atoms with E-state index in [1.165, 1.54) is 12.1 Å². The number of anilines is 1. The Morgan fingerprint density at radius 2 is 1.78 bits per heavy atom. The van der Waals surface area contributed by atoms with Crippen molar-refractivity contribution in [3.63, 3.8) is 0 Å². The van der Waals surface area contributed by atoms with Gasteiger partial charge in [0.2, 0.25) is 0 Å². The predicted molar refractivity (Wildman–Crippen MR) is 76.4 cm³/mol. The monoisotopic (exact) mass is 252 g/mol. The number of likely N-dealkylation sites (N-methyl/N-ethyl adjacent to an activating group) is 1. The molecule has 0 amide bonds. The Morgan fingerprint density at radius 3 is 2.28 bits per heavy atom. The third kappa shape index (κ3) is 4.65. The van der Waals surface area contributed by atoms with Crippen LogP contribution in [0.4, 0.5) is 10.1 Å². The normalized spacial score (nSPS) is 13.7. The summed E-state index contributed by atoms with van der Waals surface area (Å²) in [6.45, 7) is 10.8. The summed E-state index contributed by atoms with van der Waals surface area (Å²) >= 11 is 0. The van der Waals surface area contributed by atoms with Gasteiger partial charge in [-0.3, -0.25) is 0 Å². The first-order valence-corrected chi connectivity index (χ1v) is 6.50. The van der Waals surface area contributed by atoms with Gasteiger partial charge in [-0.1, -0.05) is 20.8 Å². The highest BCUT2D eigenvalue weighted by Gasteiger charge is 2.23. The highest BCUT2D eigenvalue weighted by atomic mass is 19.1. The first-order valence-electron chi connectivity index (χ1n) is 6.50. The first kappa shape index (κ1) is 15.0. The van der Waals surface area contributed by atoms with Crippen LogP contribution >= 0.6 is 0 Å². The summed E-state index contributed by atoms with van der Waals surface area (Å²) in [6.07, 6.45) is 0. The van der Waals surface area contributed by atoms with Crippen molar-refractivity contribution in [3.8, 4) is 0 Å². The number of nitrogens with one attached hydrogen (secondary N) is 1. The van der Waals surface area contributed by atoms with Gasteiger partial charge in [0.15, 0.2) is 0 Å². The minimum absolute atomic E-state index is 0.195. The Bertz CT molecular complexity index is 354. The topological polar surface area (TPSA) is 15.3 Å². The molecule has 102 valence electrons. The standard InChI is InChI=1S/C15H25FN2/c1-12(15(2,3)4)18(5)11-10-17-14-8-6-13(16)7-9-14/h6-9,12,17H,10-11H2,1-5H3. The van der Waals surface area contributed by atoms with E-state index < -0.39 is 0 Å². The molecule has 1 atom stereocenters. The van der Waals surface area contributed by atoms with Crippen LogP contribution in [0.25, 0.3) is 0 Å². The molecule has 0 heterocycles. The molecule has 0 saturated carbocycles. The van der Waals surface area contributed by atoms with Gasteiger partial charge in [0.25, 0.3) is 0 Å². The molecule has 1 N–H and O–H groups in total. The summed E-state index contributed by atoms with van der Waals surface area (Å²) in [5.41, 5.74) is 1.25. The van der Waals surface area contributed by atoms with Crippen LogP contribution in [0.3, 0.4) is 0 Å². The first-order chi connectivity index (χ1) is 8.30. The van der Waals surface area contributed by atoms with Gasteiger partial charge in [-0.2, -0.15) is 0 Å². The van der Waals surface area contributed by atoms with Crippen LogP contribution in [0.1, 0.15) is 27.7 Å². The van der Waals surface area contributed by atoms with Gasteiger partial charge >= 0.3 is 0 Å². The Morgan fingerprint density at radius 1 is 1.22 bits per heavy atom. The molecule has 0 bridgehead atoms. The maximum Gasteiger partial charge on any atom is 0.123 e. The van der Waals surface area contributed by atoms with E-state index in [1.54, 1.807) is 12.1 Å². The lowest BCUT2D eigenvalue weighted by atomic mass is 9.87. The van der Waals surface area contributed by atoms with Crippen molar-refractivity contribution in [2.45, 2.75) is 33.7 Å². The van der Waals surface area contributed by atoms with E-state index in [9.17, 15) is 4.39 Å². The summed E-state index contributed by atoms with van der Waals surface area (Å²) in [5, 5.41) is 3.30. The van der Waals surface area contributed by atoms with Crippen LogP contribution in [0, 0.1) is 11.2 Å². The Balaban J connectivity index is 2.35. The molecular weight excluding hydrogens is 227 g/mol. The molecule has 3 heteroatoms. The lowest BCUT2D eigenvalue weighted by molar-refractivity contribution is 0.146. The van der Waals surface area contributed by atoms with Crippen molar-refractivity contribution in [2.24, 2.45) is 5.41 Å². The summed E-state index contributed by atoms with van der Waals surface area (Å²) in [7, 11) is 2.14. The van der Waals surface area contributed by atoms with E-state index in [4.69, 9.17) is 0 Å². The molecule has 0 radical (unpaired) electrons. The van der Waals surface area contributed by atoms with Crippen LogP contribution in [0.2, 0.25) is 0 Å². The molecule has 0 spiro atoms. The predicted octanol–water partition coefficient (Wildman–Crippen LogP) is 3.60. The second kappa shape index (κ2) is 6.19. The molecule has 0 aliphatic rings. The van der Waals surface area contributed by atoms with Gasteiger partial charge in [0, 0.05) is 24.8 Å². The number of halogens is 1. The van der Waals surface area contributed by atoms with E-state index in [0.29, 0.717) is 6.04 Å². The van der Waals surface area contributed by atoms with Crippen molar-refractivity contribution in [1.82, 2.24) is 4.90 Å². The fourth-order valence-corrected chi connectivity index (χ4v) is 1.80. The minimum atomic E-state index is -0.195. The number of nitrogens with zero attached hydrogens (tertiary/aromatic N) is 1. The van der Waals surface area contributed by atoms with Gasteiger partial charge in [0.1, 0.15) is 5.82 Å². The zero-order chi connectivity index (χ0) is 13.8. The molecule has 1 aromatic carbocycles. The van der Waals surface area contributed by atoms with E-state index in [-0.39, 0.29) is 11.2 Å². The Labute approximate surface area is 110 Å². The summed E-state index contributed by atoms with van der Waals surface area (Å²) in [5.74, 6) is -0.195. The summed E-state index contributed by atoms with van der Waals surface area (Å²) in [6, 6.07) is 7.01. The third-order valence-corrected chi connectivity index (χ3v) is 3.55. The molecule has 1 aromatic rings. The van der Waals surface area contributed by atoms with Crippen LogP contribution in [0.5, 0.6) is 0 Å². The van der Waals surface area contributed by atoms with Crippen molar-refractivity contribution in [2.75, 3.05) is 25.5 Å². The largest absolute Gasteiger partial charge is 0.384 e. The van der Waals surface area contributed by atoms with Crippen molar-refractivity contribution in [3.05, 3.63) is 30.1 Å². The fourth-order valence-electron chi connectivity index (χ4n) is 1.80. The fraction of sp³-hybridized carbons (Fsp3) is 0.600. The van der Waals surface area contributed by atoms with Crippen molar-refractivity contribution < 1.29 is 4.39 Å². The lowest BCUT2D eigenvalue weighted by Gasteiger charge is -2.35. The molecule has 18 heavy (non-hydrogen) atoms. The average Bonchev–Trinajstić information content (AvgIpc) is 2.29. The molecule has 2 nitrogen and oxygen atoms in total. The highest BCUT2D eigenvalue weighted by Crippen LogP contribution is 2.22. The third-order valence-electron chi connectivity index (χ3n) is 3.55. The van der Waals surface area contributed by atoms with Gasteiger partial charge in [-0.25, -0.2) is 4.39 Å². The number of benzene rings is 1. The number of hydrogen-bond acceptors (Lipinski definition) is 2. The molecule has 0 aliphatic heterocycles. The van der Waals surface area contributed by atoms with E-state index in [0.717, 1.165) is 18.8 Å². The van der Waals surface area contributed by atoms with Gasteiger partial charge in [-0.15, -0.1) is 0 Å².